The summed E-state index contributed by atoms with van der Waals surface area (Å²) < 4.78 is 4.86. The number of ether oxygens (including phenoxy) is 1. The van der Waals surface area contributed by atoms with Crippen molar-refractivity contribution in [1.29, 1.82) is 0 Å². The lowest BCUT2D eigenvalue weighted by atomic mass is 9.88. The summed E-state index contributed by atoms with van der Waals surface area (Å²) in [6.07, 6.45) is 4.82. The van der Waals surface area contributed by atoms with Gasteiger partial charge >= 0.3 is 11.9 Å². The molecule has 0 aliphatic heterocycles. The van der Waals surface area contributed by atoms with Crippen molar-refractivity contribution < 1.29 is 24.2 Å². The van der Waals surface area contributed by atoms with Crippen LogP contribution in [0.3, 0.4) is 0 Å². The molecular weight excluding hydrogens is 274 g/mol. The maximum Gasteiger partial charge on any atom is 0.326 e. The number of carboxylic acids is 1. The number of carbonyl (C=O) groups is 3. The van der Waals surface area contributed by atoms with Crippen LogP contribution in [0.1, 0.15) is 52.4 Å². The normalized spacial score (nSPS) is 18.6. The molecule has 0 radical (unpaired) electrons. The number of hydrogen-bond donors (Lipinski definition) is 2. The minimum absolute atomic E-state index is 0.0482. The summed E-state index contributed by atoms with van der Waals surface area (Å²) in [5.41, 5.74) is 0. The molecule has 1 amide bonds. The third kappa shape index (κ3) is 5.73. The first-order valence-electron chi connectivity index (χ1n) is 7.65. The minimum Gasteiger partial charge on any atom is -0.480 e. The number of hydrogen-bond acceptors (Lipinski definition) is 4. The molecule has 2 N–H and O–H groups in total. The third-order valence-electron chi connectivity index (χ3n) is 3.87. The number of nitrogens with one attached hydrogen (secondary N) is 1. The fourth-order valence-electron chi connectivity index (χ4n) is 2.61. The molecule has 1 aliphatic rings. The maximum atomic E-state index is 12.1. The molecule has 1 rings (SSSR count). The lowest BCUT2D eigenvalue weighted by Gasteiger charge is -2.24. The van der Waals surface area contributed by atoms with E-state index in [9.17, 15) is 19.5 Å². The van der Waals surface area contributed by atoms with Crippen molar-refractivity contribution in [3.8, 4) is 0 Å². The second-order valence-corrected chi connectivity index (χ2v) is 5.62. The van der Waals surface area contributed by atoms with E-state index in [1.165, 1.54) is 0 Å². The Bertz CT molecular complexity index is 376. The Balaban J connectivity index is 2.54. The molecule has 0 unspecified atom stereocenters. The van der Waals surface area contributed by atoms with Crippen LogP contribution in [0.25, 0.3) is 0 Å². The van der Waals surface area contributed by atoms with Gasteiger partial charge in [-0.25, -0.2) is 4.79 Å². The van der Waals surface area contributed by atoms with E-state index >= 15 is 0 Å². The number of aliphatic carboxylic acids is 1. The topological polar surface area (TPSA) is 92.7 Å². The van der Waals surface area contributed by atoms with Gasteiger partial charge in [0.1, 0.15) is 6.04 Å². The lowest BCUT2D eigenvalue weighted by molar-refractivity contribution is -0.149. The summed E-state index contributed by atoms with van der Waals surface area (Å²) in [4.78, 5) is 34.9. The van der Waals surface area contributed by atoms with Gasteiger partial charge in [0.25, 0.3) is 0 Å². The Hall–Kier alpha value is -1.59. The highest BCUT2D eigenvalue weighted by atomic mass is 16.5. The van der Waals surface area contributed by atoms with E-state index in [0.717, 1.165) is 32.1 Å². The van der Waals surface area contributed by atoms with Gasteiger partial charge in [-0.2, -0.15) is 0 Å². The van der Waals surface area contributed by atoms with E-state index in [2.05, 4.69) is 5.32 Å². The van der Waals surface area contributed by atoms with Gasteiger partial charge in [0.2, 0.25) is 5.91 Å². The molecule has 0 aromatic rings. The summed E-state index contributed by atoms with van der Waals surface area (Å²) >= 11 is 0. The number of carbonyl (C=O) groups excluding carboxylic acids is 2. The van der Waals surface area contributed by atoms with Crippen molar-refractivity contribution in [3.05, 3.63) is 0 Å². The summed E-state index contributed by atoms with van der Waals surface area (Å²) in [5.74, 6) is -2.42. The summed E-state index contributed by atoms with van der Waals surface area (Å²) in [7, 11) is 0. The van der Waals surface area contributed by atoms with Crippen LogP contribution in [0.4, 0.5) is 0 Å². The minimum atomic E-state index is -1.12. The zero-order valence-electron chi connectivity index (χ0n) is 12.8. The molecule has 1 fully saturated rings. The zero-order chi connectivity index (χ0) is 15.8. The molecule has 0 heterocycles. The van der Waals surface area contributed by atoms with Crippen molar-refractivity contribution in [3.63, 3.8) is 0 Å². The summed E-state index contributed by atoms with van der Waals surface area (Å²) in [5, 5.41) is 11.8. The number of carboxylic acid groups (broad SMARTS) is 1. The van der Waals surface area contributed by atoms with E-state index in [4.69, 9.17) is 4.74 Å². The molecule has 6 heteroatoms. The van der Waals surface area contributed by atoms with Crippen molar-refractivity contribution in [1.82, 2.24) is 5.32 Å². The van der Waals surface area contributed by atoms with Crippen LogP contribution < -0.4 is 5.32 Å². The van der Waals surface area contributed by atoms with E-state index in [1.54, 1.807) is 13.8 Å². The first-order valence-corrected chi connectivity index (χ1v) is 7.65. The average Bonchev–Trinajstić information content (AvgIpc) is 2.47. The van der Waals surface area contributed by atoms with Crippen LogP contribution in [0.15, 0.2) is 0 Å². The van der Waals surface area contributed by atoms with E-state index in [-0.39, 0.29) is 24.9 Å². The van der Waals surface area contributed by atoms with Crippen LogP contribution in [0, 0.1) is 11.8 Å². The quantitative estimate of drug-likeness (QED) is 0.698. The number of esters is 1. The Morgan fingerprint density at radius 1 is 1.24 bits per heavy atom. The van der Waals surface area contributed by atoms with Gasteiger partial charge in [0, 0.05) is 5.92 Å². The average molecular weight is 299 g/mol. The van der Waals surface area contributed by atoms with Crippen LogP contribution in [0.5, 0.6) is 0 Å². The largest absolute Gasteiger partial charge is 0.480 e. The smallest absolute Gasteiger partial charge is 0.326 e. The summed E-state index contributed by atoms with van der Waals surface area (Å²) in [6, 6.07) is -1.04. The van der Waals surface area contributed by atoms with Gasteiger partial charge in [0.05, 0.1) is 12.5 Å². The van der Waals surface area contributed by atoms with E-state index in [0.29, 0.717) is 0 Å². The first-order chi connectivity index (χ1) is 9.95. The number of amides is 1. The highest BCUT2D eigenvalue weighted by Crippen LogP contribution is 2.24. The van der Waals surface area contributed by atoms with Crippen LogP contribution in [0.2, 0.25) is 0 Å². The van der Waals surface area contributed by atoms with Gasteiger partial charge in [-0.1, -0.05) is 26.2 Å². The van der Waals surface area contributed by atoms with Gasteiger partial charge in [-0.05, 0) is 26.2 Å². The van der Waals surface area contributed by atoms with Gasteiger partial charge in [-0.15, -0.1) is 0 Å². The lowest BCUT2D eigenvalue weighted by Crippen LogP contribution is -2.45. The molecule has 0 aromatic carbocycles. The van der Waals surface area contributed by atoms with Gasteiger partial charge in [0.15, 0.2) is 0 Å². The van der Waals surface area contributed by atoms with Gasteiger partial charge < -0.3 is 15.2 Å². The highest BCUT2D eigenvalue weighted by Gasteiger charge is 2.29. The Morgan fingerprint density at radius 2 is 1.86 bits per heavy atom. The molecule has 1 saturated carbocycles. The molecule has 0 bridgehead atoms. The molecule has 2 atom stereocenters. The predicted octanol–water partition coefficient (Wildman–Crippen LogP) is 1.73. The highest BCUT2D eigenvalue weighted by molar-refractivity contribution is 5.85. The Labute approximate surface area is 125 Å². The van der Waals surface area contributed by atoms with E-state index in [1.807, 2.05) is 0 Å². The standard InChI is InChI=1S/C15H25NO5/c1-3-21-15(20)10(2)9-12(14(18)19)16-13(17)11-7-5-4-6-8-11/h10-12H,3-9H2,1-2H3,(H,16,17)(H,18,19)/t10-,12+/m1/s1. The molecule has 6 nitrogen and oxygen atoms in total. The molecular formula is C15H25NO5. The summed E-state index contributed by atoms with van der Waals surface area (Å²) in [6.45, 7) is 3.57. The molecule has 1 aliphatic carbocycles. The SMILES string of the molecule is CCOC(=O)[C@H](C)C[C@H](NC(=O)C1CCCCC1)C(=O)O. The van der Waals surface area contributed by atoms with Crippen molar-refractivity contribution in [2.45, 2.75) is 58.4 Å². The van der Waals surface area contributed by atoms with Crippen molar-refractivity contribution in [2.75, 3.05) is 6.61 Å². The maximum absolute atomic E-state index is 12.1. The zero-order valence-corrected chi connectivity index (χ0v) is 12.8. The number of rotatable bonds is 7. The fourth-order valence-corrected chi connectivity index (χ4v) is 2.61. The monoisotopic (exact) mass is 299 g/mol. The first kappa shape index (κ1) is 17.5. The van der Waals surface area contributed by atoms with E-state index < -0.39 is 23.9 Å². The molecule has 0 saturated heterocycles. The van der Waals surface area contributed by atoms with Crippen LogP contribution in [-0.4, -0.2) is 35.6 Å². The third-order valence-corrected chi connectivity index (χ3v) is 3.87. The molecule has 0 aromatic heterocycles. The van der Waals surface area contributed by atoms with Crippen LogP contribution in [-0.2, 0) is 19.1 Å². The molecule has 21 heavy (non-hydrogen) atoms. The van der Waals surface area contributed by atoms with Crippen molar-refractivity contribution in [2.24, 2.45) is 11.8 Å². The van der Waals surface area contributed by atoms with Gasteiger partial charge in [-0.3, -0.25) is 9.59 Å². The second-order valence-electron chi connectivity index (χ2n) is 5.62. The Kier molecular flexibility index (Phi) is 7.19. The fraction of sp³-hybridized carbons (Fsp3) is 0.800. The van der Waals surface area contributed by atoms with Crippen molar-refractivity contribution >= 4 is 17.8 Å². The van der Waals surface area contributed by atoms with Crippen LogP contribution >= 0.6 is 0 Å². The molecule has 120 valence electrons. The Morgan fingerprint density at radius 3 is 2.38 bits per heavy atom. The predicted molar refractivity (Wildman–Crippen MR) is 76.6 cm³/mol. The molecule has 0 spiro atoms. The second kappa shape index (κ2) is 8.64.